The Morgan fingerprint density at radius 1 is 1.17 bits per heavy atom. The van der Waals surface area contributed by atoms with Gasteiger partial charge in [-0.3, -0.25) is 4.79 Å². The van der Waals surface area contributed by atoms with Crippen LogP contribution in [0.1, 0.15) is 50.0 Å². The van der Waals surface area contributed by atoms with Gasteiger partial charge in [0.1, 0.15) is 0 Å². The molecule has 3 fully saturated rings. The number of amides is 1. The summed E-state index contributed by atoms with van der Waals surface area (Å²) in [6.45, 7) is 0. The van der Waals surface area contributed by atoms with Crippen LogP contribution in [0.5, 0.6) is 0 Å². The molecule has 2 bridgehead atoms. The van der Waals surface area contributed by atoms with Crippen molar-refractivity contribution in [3.63, 3.8) is 0 Å². The third-order valence-corrected chi connectivity index (χ3v) is 6.19. The molecular weight excluding hydrogens is 310 g/mol. The molecule has 130 valence electrons. The zero-order chi connectivity index (χ0) is 16.8. The number of hydrogen-bond acceptors (Lipinski definition) is 2. The fourth-order valence-electron chi connectivity index (χ4n) is 4.68. The van der Waals surface area contributed by atoms with Crippen molar-refractivity contribution in [1.29, 1.82) is 0 Å². The van der Waals surface area contributed by atoms with Crippen molar-refractivity contribution < 1.29 is 13.6 Å². The van der Waals surface area contributed by atoms with Gasteiger partial charge in [0.05, 0.1) is 0 Å². The summed E-state index contributed by atoms with van der Waals surface area (Å²) in [6.07, 6.45) is 6.32. The number of carbonyl (C=O) groups excluding carboxylic acids is 1. The smallest absolute Gasteiger partial charge is 0.223 e. The van der Waals surface area contributed by atoms with E-state index in [-0.39, 0.29) is 23.8 Å². The molecule has 1 amide bonds. The Morgan fingerprint density at radius 3 is 2.58 bits per heavy atom. The van der Waals surface area contributed by atoms with Gasteiger partial charge in [0.2, 0.25) is 5.91 Å². The first kappa shape index (κ1) is 16.0. The Morgan fingerprint density at radius 2 is 1.88 bits per heavy atom. The van der Waals surface area contributed by atoms with Crippen molar-refractivity contribution >= 4 is 5.91 Å². The molecule has 3 nitrogen and oxygen atoms in total. The van der Waals surface area contributed by atoms with E-state index in [1.165, 1.54) is 25.3 Å². The first-order valence-corrected chi connectivity index (χ1v) is 9.01. The average Bonchev–Trinajstić information content (AvgIpc) is 3.31. The number of fused-ring (bicyclic) bond motifs is 2. The number of halogens is 2. The fourth-order valence-corrected chi connectivity index (χ4v) is 4.68. The minimum Gasteiger partial charge on any atom is -0.353 e. The van der Waals surface area contributed by atoms with Crippen LogP contribution in [0, 0.1) is 17.6 Å². The van der Waals surface area contributed by atoms with Crippen molar-refractivity contribution in [3.05, 3.63) is 35.4 Å². The second kappa shape index (κ2) is 6.10. The number of carbonyl (C=O) groups is 1. The van der Waals surface area contributed by atoms with E-state index >= 15 is 0 Å². The lowest BCUT2D eigenvalue weighted by atomic mass is 9.82. The Labute approximate surface area is 141 Å². The number of piperidine rings is 2. The molecule has 2 aliphatic heterocycles. The second-order valence-electron chi connectivity index (χ2n) is 7.67. The maximum absolute atomic E-state index is 13.9. The summed E-state index contributed by atoms with van der Waals surface area (Å²) < 4.78 is 27.2. The van der Waals surface area contributed by atoms with Crippen molar-refractivity contribution in [3.8, 4) is 0 Å². The predicted octanol–water partition coefficient (Wildman–Crippen LogP) is 3.20. The van der Waals surface area contributed by atoms with E-state index in [1.54, 1.807) is 6.07 Å². The Bertz CT molecular complexity index is 636. The van der Waals surface area contributed by atoms with E-state index in [9.17, 15) is 13.6 Å². The topological polar surface area (TPSA) is 32.3 Å². The highest BCUT2D eigenvalue weighted by Crippen LogP contribution is 2.48. The zero-order valence-corrected chi connectivity index (χ0v) is 14.0. The van der Waals surface area contributed by atoms with Gasteiger partial charge in [0.25, 0.3) is 0 Å². The van der Waals surface area contributed by atoms with E-state index in [0.29, 0.717) is 24.1 Å². The lowest BCUT2D eigenvalue weighted by Crippen LogP contribution is -2.55. The van der Waals surface area contributed by atoms with E-state index in [2.05, 4.69) is 17.3 Å². The van der Waals surface area contributed by atoms with E-state index in [1.807, 2.05) is 0 Å². The largest absolute Gasteiger partial charge is 0.353 e. The van der Waals surface area contributed by atoms with Gasteiger partial charge >= 0.3 is 0 Å². The highest BCUT2D eigenvalue weighted by Gasteiger charge is 2.46. The molecule has 0 spiro atoms. The minimum absolute atomic E-state index is 0.0105. The highest BCUT2D eigenvalue weighted by atomic mass is 19.2. The van der Waals surface area contributed by atoms with Crippen LogP contribution >= 0.6 is 0 Å². The molecule has 1 N–H and O–H groups in total. The molecule has 0 aromatic heterocycles. The van der Waals surface area contributed by atoms with Gasteiger partial charge in [-0.15, -0.1) is 0 Å². The van der Waals surface area contributed by atoms with Gasteiger partial charge in [-0.25, -0.2) is 8.78 Å². The van der Waals surface area contributed by atoms with Gasteiger partial charge in [-0.05, 0) is 56.7 Å². The molecule has 2 saturated heterocycles. The molecule has 0 radical (unpaired) electrons. The SMILES string of the molecule is CN1[C@H]2CCC[C@H]1CC(NC(=O)[C@@H]1C[C@H]1c1cccc(F)c1F)C2. The normalized spacial score (nSPS) is 35.5. The van der Waals surface area contributed by atoms with Crippen molar-refractivity contribution in [1.82, 2.24) is 10.2 Å². The number of nitrogens with zero attached hydrogens (tertiary/aromatic N) is 1. The summed E-state index contributed by atoms with van der Waals surface area (Å²) in [5.74, 6) is -2.00. The van der Waals surface area contributed by atoms with Gasteiger partial charge in [-0.1, -0.05) is 18.6 Å². The van der Waals surface area contributed by atoms with Crippen LogP contribution in [0.2, 0.25) is 0 Å². The predicted molar refractivity (Wildman–Crippen MR) is 87.6 cm³/mol. The van der Waals surface area contributed by atoms with Gasteiger partial charge < -0.3 is 10.2 Å². The molecule has 1 saturated carbocycles. The van der Waals surface area contributed by atoms with Crippen molar-refractivity contribution in [2.45, 2.75) is 62.6 Å². The van der Waals surface area contributed by atoms with Crippen LogP contribution < -0.4 is 5.32 Å². The molecule has 4 atom stereocenters. The Kier molecular flexibility index (Phi) is 4.07. The lowest BCUT2D eigenvalue weighted by Gasteiger charge is -2.47. The van der Waals surface area contributed by atoms with Crippen LogP contribution in [0.4, 0.5) is 8.78 Å². The zero-order valence-electron chi connectivity index (χ0n) is 14.0. The summed E-state index contributed by atoms with van der Waals surface area (Å²) in [7, 11) is 2.19. The van der Waals surface area contributed by atoms with Crippen LogP contribution in [0.15, 0.2) is 18.2 Å². The molecule has 4 rings (SSSR count). The summed E-state index contributed by atoms with van der Waals surface area (Å²) in [5.41, 5.74) is 0.343. The fraction of sp³-hybridized carbons (Fsp3) is 0.632. The van der Waals surface area contributed by atoms with Crippen LogP contribution in [-0.4, -0.2) is 36.0 Å². The number of rotatable bonds is 3. The summed E-state index contributed by atoms with van der Waals surface area (Å²) in [6, 6.07) is 5.59. The maximum atomic E-state index is 13.9. The van der Waals surface area contributed by atoms with Crippen LogP contribution in [0.25, 0.3) is 0 Å². The van der Waals surface area contributed by atoms with Crippen LogP contribution in [-0.2, 0) is 4.79 Å². The molecule has 5 heteroatoms. The van der Waals surface area contributed by atoms with E-state index in [4.69, 9.17) is 0 Å². The minimum atomic E-state index is -0.832. The molecule has 1 aliphatic carbocycles. The Balaban J connectivity index is 1.37. The molecule has 3 aliphatic rings. The summed E-state index contributed by atoms with van der Waals surface area (Å²) >= 11 is 0. The molecule has 1 aromatic carbocycles. The number of nitrogens with one attached hydrogen (secondary N) is 1. The molecule has 1 aromatic rings. The highest BCUT2D eigenvalue weighted by molar-refractivity contribution is 5.83. The standard InChI is InChI=1S/C19H24F2N2O/c1-23-12-4-2-5-13(23)9-11(8-12)22-19(24)16-10-15(16)14-6-3-7-17(20)18(14)21/h3,6-7,11-13,15-16H,2,4-5,8-10H2,1H3,(H,22,24)/t12-,13-,15-,16+/m0/s1. The molecule has 0 unspecified atom stereocenters. The molecular formula is C19H24F2N2O. The van der Waals surface area contributed by atoms with E-state index in [0.717, 1.165) is 18.9 Å². The first-order chi connectivity index (χ1) is 11.5. The first-order valence-electron chi connectivity index (χ1n) is 9.01. The average molecular weight is 334 g/mol. The third kappa shape index (κ3) is 2.83. The quantitative estimate of drug-likeness (QED) is 0.921. The van der Waals surface area contributed by atoms with Crippen molar-refractivity contribution in [2.24, 2.45) is 5.92 Å². The molecule has 24 heavy (non-hydrogen) atoms. The van der Waals surface area contributed by atoms with E-state index < -0.39 is 11.6 Å². The van der Waals surface area contributed by atoms with Gasteiger partial charge in [-0.2, -0.15) is 0 Å². The molecule has 2 heterocycles. The van der Waals surface area contributed by atoms with Gasteiger partial charge in [0, 0.05) is 24.0 Å². The number of hydrogen-bond donors (Lipinski definition) is 1. The van der Waals surface area contributed by atoms with Gasteiger partial charge in [0.15, 0.2) is 11.6 Å². The third-order valence-electron chi connectivity index (χ3n) is 6.19. The monoisotopic (exact) mass is 334 g/mol. The maximum Gasteiger partial charge on any atom is 0.223 e. The van der Waals surface area contributed by atoms with Crippen molar-refractivity contribution in [2.75, 3.05) is 7.05 Å². The summed E-state index contributed by atoms with van der Waals surface area (Å²) in [4.78, 5) is 15.0. The second-order valence-corrected chi connectivity index (χ2v) is 7.67. The summed E-state index contributed by atoms with van der Waals surface area (Å²) in [5, 5.41) is 3.18. The number of benzene rings is 1. The Hall–Kier alpha value is -1.49. The lowest BCUT2D eigenvalue weighted by molar-refractivity contribution is -0.123. The van der Waals surface area contributed by atoms with Crippen LogP contribution in [0.3, 0.4) is 0 Å².